The molecule has 0 amide bonds. The van der Waals surface area contributed by atoms with Crippen LogP contribution in [-0.4, -0.2) is 19.9 Å². The van der Waals surface area contributed by atoms with Crippen LogP contribution in [-0.2, 0) is 19.0 Å². The average molecular weight is 426 g/mol. The van der Waals surface area contributed by atoms with Crippen molar-refractivity contribution in [2.24, 2.45) is 0 Å². The van der Waals surface area contributed by atoms with Crippen LogP contribution in [0, 0.1) is 5.82 Å². The summed E-state index contributed by atoms with van der Waals surface area (Å²) in [6.45, 7) is 3.76. The van der Waals surface area contributed by atoms with Crippen LogP contribution in [0.2, 0.25) is 0 Å². The summed E-state index contributed by atoms with van der Waals surface area (Å²) in [4.78, 5) is 3.72. The zero-order chi connectivity index (χ0) is 21.8. The van der Waals surface area contributed by atoms with Crippen molar-refractivity contribution < 1.29 is 22.1 Å². The standard InChI is InChI=1S/C22H14F4N4O/c1-2-12-3-6-15-13(9-12)4-7-16-19(15)29-31-20(16)17-11-28-30(21(17)22(24,25)26)18-8-5-14(23)10-27-18/h2-3,5-6,8-11H,1,4,7H2. The normalized spacial score (nSPS) is 13.0. The van der Waals surface area contributed by atoms with E-state index in [1.54, 1.807) is 6.08 Å². The Bertz CT molecular complexity index is 1300. The van der Waals surface area contributed by atoms with E-state index in [1.807, 2.05) is 18.2 Å². The number of halogens is 4. The van der Waals surface area contributed by atoms with Gasteiger partial charge >= 0.3 is 6.18 Å². The van der Waals surface area contributed by atoms with Gasteiger partial charge in [-0.3, -0.25) is 0 Å². The Kier molecular flexibility index (Phi) is 4.28. The molecule has 0 bridgehead atoms. The number of hydrogen-bond acceptors (Lipinski definition) is 4. The van der Waals surface area contributed by atoms with E-state index in [1.165, 1.54) is 0 Å². The Balaban J connectivity index is 1.66. The van der Waals surface area contributed by atoms with Gasteiger partial charge in [0.2, 0.25) is 0 Å². The number of nitrogens with zero attached hydrogens (tertiary/aromatic N) is 4. The molecule has 0 aliphatic heterocycles. The molecule has 3 heterocycles. The highest BCUT2D eigenvalue weighted by Crippen LogP contribution is 2.43. The summed E-state index contributed by atoms with van der Waals surface area (Å²) < 4.78 is 61.3. The lowest BCUT2D eigenvalue weighted by Crippen LogP contribution is -2.15. The lowest BCUT2D eigenvalue weighted by atomic mass is 9.87. The van der Waals surface area contributed by atoms with Gasteiger partial charge in [-0.2, -0.15) is 18.3 Å². The third-order valence-corrected chi connectivity index (χ3v) is 5.26. The van der Waals surface area contributed by atoms with Gasteiger partial charge in [-0.15, -0.1) is 0 Å². The Morgan fingerprint density at radius 1 is 1.06 bits per heavy atom. The monoisotopic (exact) mass is 426 g/mol. The Hall–Kier alpha value is -3.75. The molecule has 9 heteroatoms. The number of rotatable bonds is 3. The van der Waals surface area contributed by atoms with Crippen molar-refractivity contribution in [2.45, 2.75) is 19.0 Å². The van der Waals surface area contributed by atoms with E-state index in [-0.39, 0.29) is 17.1 Å². The number of hydrogen-bond donors (Lipinski definition) is 0. The van der Waals surface area contributed by atoms with E-state index in [9.17, 15) is 17.6 Å². The first-order chi connectivity index (χ1) is 14.9. The van der Waals surface area contributed by atoms with Crippen LogP contribution in [0.5, 0.6) is 0 Å². The molecular formula is C22H14F4N4O. The van der Waals surface area contributed by atoms with Crippen LogP contribution in [0.25, 0.3) is 34.5 Å². The molecule has 0 fully saturated rings. The fourth-order valence-electron chi connectivity index (χ4n) is 3.86. The van der Waals surface area contributed by atoms with Crippen LogP contribution < -0.4 is 0 Å². The van der Waals surface area contributed by atoms with E-state index >= 15 is 0 Å². The van der Waals surface area contributed by atoms with Gasteiger partial charge in [-0.1, -0.05) is 36.0 Å². The molecule has 0 atom stereocenters. The van der Waals surface area contributed by atoms with E-state index in [4.69, 9.17) is 4.52 Å². The summed E-state index contributed by atoms with van der Waals surface area (Å²) in [5.74, 6) is -0.794. The highest BCUT2D eigenvalue weighted by atomic mass is 19.4. The first kappa shape index (κ1) is 19.2. The van der Waals surface area contributed by atoms with Crippen molar-refractivity contribution in [1.29, 1.82) is 0 Å². The van der Waals surface area contributed by atoms with Crippen LogP contribution in [0.15, 0.2) is 53.8 Å². The predicted molar refractivity (Wildman–Crippen MR) is 105 cm³/mol. The van der Waals surface area contributed by atoms with Crippen molar-refractivity contribution in [2.75, 3.05) is 0 Å². The lowest BCUT2D eigenvalue weighted by Gasteiger charge is -2.16. The fraction of sp³-hybridized carbons (Fsp3) is 0.136. The second kappa shape index (κ2) is 6.90. The molecule has 0 spiro atoms. The van der Waals surface area contributed by atoms with Gasteiger partial charge in [-0.25, -0.2) is 14.1 Å². The highest BCUT2D eigenvalue weighted by molar-refractivity contribution is 5.78. The summed E-state index contributed by atoms with van der Waals surface area (Å²) in [5, 5.41) is 7.94. The maximum Gasteiger partial charge on any atom is 0.434 e. The Morgan fingerprint density at radius 2 is 1.90 bits per heavy atom. The van der Waals surface area contributed by atoms with E-state index in [0.717, 1.165) is 41.2 Å². The largest absolute Gasteiger partial charge is 0.434 e. The van der Waals surface area contributed by atoms with Crippen LogP contribution in [0.4, 0.5) is 17.6 Å². The van der Waals surface area contributed by atoms with Gasteiger partial charge in [0.15, 0.2) is 17.3 Å². The third-order valence-electron chi connectivity index (χ3n) is 5.26. The maximum absolute atomic E-state index is 14.0. The molecule has 156 valence electrons. The molecule has 1 aliphatic rings. The molecule has 5 rings (SSSR count). The quantitative estimate of drug-likeness (QED) is 0.407. The van der Waals surface area contributed by atoms with Crippen molar-refractivity contribution in [3.05, 3.63) is 77.5 Å². The van der Waals surface area contributed by atoms with Gasteiger partial charge in [0.1, 0.15) is 11.5 Å². The highest BCUT2D eigenvalue weighted by Gasteiger charge is 2.41. The second-order valence-corrected chi connectivity index (χ2v) is 7.11. The first-order valence-corrected chi connectivity index (χ1v) is 9.38. The molecule has 4 aromatic rings. The third kappa shape index (κ3) is 3.13. The summed E-state index contributed by atoms with van der Waals surface area (Å²) in [6.07, 6.45) is -0.0106. The zero-order valence-electron chi connectivity index (χ0n) is 15.9. The first-order valence-electron chi connectivity index (χ1n) is 9.38. The molecule has 3 aromatic heterocycles. The lowest BCUT2D eigenvalue weighted by molar-refractivity contribution is -0.142. The minimum Gasteiger partial charge on any atom is -0.355 e. The van der Waals surface area contributed by atoms with Crippen LogP contribution in [0.3, 0.4) is 0 Å². The number of fused-ring (bicyclic) bond motifs is 3. The second-order valence-electron chi connectivity index (χ2n) is 7.11. The van der Waals surface area contributed by atoms with Gasteiger partial charge in [0, 0.05) is 11.1 Å². The molecule has 5 nitrogen and oxygen atoms in total. The molecule has 0 radical (unpaired) electrons. The van der Waals surface area contributed by atoms with Crippen molar-refractivity contribution in [3.8, 4) is 28.4 Å². The van der Waals surface area contributed by atoms with Crippen LogP contribution >= 0.6 is 0 Å². The number of pyridine rings is 1. The number of aryl methyl sites for hydroxylation is 1. The van der Waals surface area contributed by atoms with Crippen molar-refractivity contribution in [3.63, 3.8) is 0 Å². The SMILES string of the molecule is C=Cc1ccc2c(c1)CCc1c-2noc1-c1cnn(-c2ccc(F)cn2)c1C(F)(F)F. The zero-order valence-corrected chi connectivity index (χ0v) is 15.9. The van der Waals surface area contributed by atoms with E-state index < -0.39 is 17.7 Å². The van der Waals surface area contributed by atoms with Gasteiger partial charge in [-0.05, 0) is 36.1 Å². The summed E-state index contributed by atoms with van der Waals surface area (Å²) in [7, 11) is 0. The fourth-order valence-corrected chi connectivity index (χ4v) is 3.86. The van der Waals surface area contributed by atoms with Crippen molar-refractivity contribution in [1.82, 2.24) is 19.9 Å². The minimum atomic E-state index is -4.76. The van der Waals surface area contributed by atoms with Gasteiger partial charge in [0.05, 0.1) is 18.0 Å². The molecule has 0 unspecified atom stereocenters. The maximum atomic E-state index is 14.0. The van der Waals surface area contributed by atoms with E-state index in [2.05, 4.69) is 21.8 Å². The summed E-state index contributed by atoms with van der Waals surface area (Å²) in [6, 6.07) is 7.88. The topological polar surface area (TPSA) is 56.7 Å². The molecule has 1 aliphatic carbocycles. The number of alkyl halides is 3. The van der Waals surface area contributed by atoms with Gasteiger partial charge < -0.3 is 4.52 Å². The van der Waals surface area contributed by atoms with Crippen LogP contribution in [0.1, 0.15) is 22.4 Å². The minimum absolute atomic E-state index is 0.0223. The summed E-state index contributed by atoms with van der Waals surface area (Å²) in [5.41, 5.74) is 2.63. The number of aromatic nitrogens is 4. The Labute approximate surface area is 173 Å². The Morgan fingerprint density at radius 3 is 2.61 bits per heavy atom. The molecule has 0 N–H and O–H groups in total. The molecule has 1 aromatic carbocycles. The molecular weight excluding hydrogens is 412 g/mol. The molecule has 0 saturated carbocycles. The average Bonchev–Trinajstić information content (AvgIpc) is 3.38. The smallest absolute Gasteiger partial charge is 0.355 e. The molecule has 31 heavy (non-hydrogen) atoms. The van der Waals surface area contributed by atoms with Crippen molar-refractivity contribution >= 4 is 6.08 Å². The van der Waals surface area contributed by atoms with Gasteiger partial charge in [0.25, 0.3) is 0 Å². The summed E-state index contributed by atoms with van der Waals surface area (Å²) >= 11 is 0. The number of benzene rings is 1. The van der Waals surface area contributed by atoms with E-state index in [0.29, 0.717) is 28.8 Å². The predicted octanol–water partition coefficient (Wildman–Crippen LogP) is 5.49. The molecule has 0 saturated heterocycles.